The lowest BCUT2D eigenvalue weighted by molar-refractivity contribution is -0.137. The average molecular weight is 260 g/mol. The van der Waals surface area contributed by atoms with Gasteiger partial charge in [0.1, 0.15) is 5.75 Å². The zero-order chi connectivity index (χ0) is 13.2. The first-order valence-corrected chi connectivity index (χ1v) is 5.96. The molecule has 0 spiro atoms. The van der Waals surface area contributed by atoms with Crippen LogP contribution < -0.4 is 4.74 Å². The number of carboxylic acids is 1. The van der Waals surface area contributed by atoms with Crippen LogP contribution >= 0.6 is 0 Å². The molecule has 1 aromatic carbocycles. The molecule has 1 unspecified atom stereocenters. The van der Waals surface area contributed by atoms with E-state index in [1.54, 1.807) is 0 Å². The van der Waals surface area contributed by atoms with E-state index in [-0.39, 0.29) is 19.1 Å². The fraction of sp³-hybridized carbons (Fsp3) is 0.333. The van der Waals surface area contributed by atoms with Crippen LogP contribution in [0.3, 0.4) is 0 Å². The molecule has 0 radical (unpaired) electrons. The maximum absolute atomic E-state index is 10.6. The lowest BCUT2D eigenvalue weighted by Crippen LogP contribution is -2.15. The van der Waals surface area contributed by atoms with Crippen molar-refractivity contribution in [2.75, 3.05) is 0 Å². The van der Waals surface area contributed by atoms with E-state index in [2.05, 4.69) is 15.5 Å². The van der Waals surface area contributed by atoms with Crippen LogP contribution in [0.25, 0.3) is 0 Å². The molecule has 0 fully saturated rings. The van der Waals surface area contributed by atoms with E-state index in [0.717, 1.165) is 11.3 Å². The lowest BCUT2D eigenvalue weighted by atomic mass is 10.1. The van der Waals surface area contributed by atoms with Crippen LogP contribution in [0.2, 0.25) is 0 Å². The first kappa shape index (κ1) is 11.6. The summed E-state index contributed by atoms with van der Waals surface area (Å²) < 4.78 is 7.28. The van der Waals surface area contributed by atoms with Gasteiger partial charge in [-0.25, -0.2) is 4.68 Å². The van der Waals surface area contributed by atoms with Crippen LogP contribution in [0, 0.1) is 0 Å². The van der Waals surface area contributed by atoms with Crippen LogP contribution in [0.5, 0.6) is 5.75 Å². The molecule has 0 saturated heterocycles. The molecule has 0 saturated carbocycles. The molecule has 0 aliphatic carbocycles. The van der Waals surface area contributed by atoms with Gasteiger partial charge in [0, 0.05) is 6.42 Å². The zero-order valence-electron chi connectivity index (χ0n) is 10.1. The van der Waals surface area contributed by atoms with Crippen molar-refractivity contribution < 1.29 is 14.6 Å². The number of aromatic nitrogens is 4. The van der Waals surface area contributed by atoms with Crippen molar-refractivity contribution in [1.82, 2.24) is 20.2 Å². The topological polar surface area (TPSA) is 90.1 Å². The van der Waals surface area contributed by atoms with Crippen molar-refractivity contribution in [3.63, 3.8) is 0 Å². The minimum Gasteiger partial charge on any atom is -0.482 e. The maximum Gasteiger partial charge on any atom is 0.305 e. The van der Waals surface area contributed by atoms with Crippen LogP contribution in [0.15, 0.2) is 24.3 Å². The van der Waals surface area contributed by atoms with Gasteiger partial charge in [-0.05, 0) is 22.1 Å². The first-order chi connectivity index (χ1) is 9.24. The molecular weight excluding hydrogens is 248 g/mol. The number of para-hydroxylation sites is 1. The molecule has 7 nitrogen and oxygen atoms in total. The largest absolute Gasteiger partial charge is 0.482 e. The Bertz CT molecular complexity index is 586. The molecule has 1 N–H and O–H groups in total. The molecule has 0 amide bonds. The predicted octanol–water partition coefficient (Wildman–Crippen LogP) is 0.824. The predicted molar refractivity (Wildman–Crippen MR) is 63.6 cm³/mol. The SMILES string of the molecule is O=C(O)CCn1nnnc1C1Cc2ccccc2O1. The number of carboxylic acid groups (broad SMARTS) is 1. The normalized spacial score (nSPS) is 16.9. The van der Waals surface area contributed by atoms with Gasteiger partial charge >= 0.3 is 5.97 Å². The number of hydrogen-bond donors (Lipinski definition) is 1. The number of carbonyl (C=O) groups is 1. The summed E-state index contributed by atoms with van der Waals surface area (Å²) in [5.74, 6) is 0.523. The fourth-order valence-corrected chi connectivity index (χ4v) is 2.13. The Morgan fingerprint density at radius 2 is 2.32 bits per heavy atom. The van der Waals surface area contributed by atoms with Gasteiger partial charge in [0.25, 0.3) is 0 Å². The third kappa shape index (κ3) is 2.26. The third-order valence-electron chi connectivity index (χ3n) is 3.03. The van der Waals surface area contributed by atoms with Crippen molar-refractivity contribution in [2.45, 2.75) is 25.5 Å². The number of tetrazole rings is 1. The van der Waals surface area contributed by atoms with Crippen LogP contribution in [0.1, 0.15) is 23.9 Å². The maximum atomic E-state index is 10.6. The molecule has 1 aromatic heterocycles. The second-order valence-corrected chi connectivity index (χ2v) is 4.32. The van der Waals surface area contributed by atoms with E-state index in [9.17, 15) is 4.79 Å². The second kappa shape index (κ2) is 4.68. The van der Waals surface area contributed by atoms with Crippen molar-refractivity contribution in [3.8, 4) is 5.75 Å². The Kier molecular flexibility index (Phi) is 2.86. The summed E-state index contributed by atoms with van der Waals surface area (Å²) in [6.45, 7) is 0.244. The van der Waals surface area contributed by atoms with E-state index in [1.807, 2.05) is 24.3 Å². The third-order valence-corrected chi connectivity index (χ3v) is 3.03. The summed E-state index contributed by atoms with van der Waals surface area (Å²) in [5.41, 5.74) is 1.11. The summed E-state index contributed by atoms with van der Waals surface area (Å²) in [7, 11) is 0. The van der Waals surface area contributed by atoms with Gasteiger partial charge in [-0.1, -0.05) is 18.2 Å². The average Bonchev–Trinajstić information content (AvgIpc) is 3.02. The highest BCUT2D eigenvalue weighted by molar-refractivity contribution is 5.66. The molecule has 0 bridgehead atoms. The Hall–Kier alpha value is -2.44. The minimum atomic E-state index is -0.878. The monoisotopic (exact) mass is 260 g/mol. The van der Waals surface area contributed by atoms with Crippen molar-refractivity contribution in [3.05, 3.63) is 35.7 Å². The van der Waals surface area contributed by atoms with Gasteiger partial charge in [-0.15, -0.1) is 5.10 Å². The van der Waals surface area contributed by atoms with Crippen LogP contribution in [-0.2, 0) is 17.8 Å². The van der Waals surface area contributed by atoms with Gasteiger partial charge in [-0.2, -0.15) is 0 Å². The molecule has 7 heteroatoms. The molecule has 98 valence electrons. The van der Waals surface area contributed by atoms with Gasteiger partial charge in [0.15, 0.2) is 11.9 Å². The summed E-state index contributed by atoms with van der Waals surface area (Å²) in [5, 5.41) is 20.0. The van der Waals surface area contributed by atoms with Gasteiger partial charge in [0.05, 0.1) is 13.0 Å². The van der Waals surface area contributed by atoms with E-state index >= 15 is 0 Å². The Morgan fingerprint density at radius 3 is 3.11 bits per heavy atom. The number of ether oxygens (including phenoxy) is 1. The number of hydrogen-bond acceptors (Lipinski definition) is 5. The minimum absolute atomic E-state index is 0.0162. The summed E-state index contributed by atoms with van der Waals surface area (Å²) in [6, 6.07) is 7.77. The molecule has 2 aromatic rings. The highest BCUT2D eigenvalue weighted by atomic mass is 16.5. The quantitative estimate of drug-likeness (QED) is 0.875. The van der Waals surface area contributed by atoms with Crippen molar-refractivity contribution in [2.24, 2.45) is 0 Å². The standard InChI is InChI=1S/C12H12N4O3/c17-11(18)5-6-16-12(13-14-15-16)10-7-8-3-1-2-4-9(8)19-10/h1-4,10H,5-7H2,(H,17,18). The van der Waals surface area contributed by atoms with Crippen molar-refractivity contribution >= 4 is 5.97 Å². The number of aryl methyl sites for hydroxylation is 1. The molecule has 1 atom stereocenters. The Balaban J connectivity index is 1.78. The van der Waals surface area contributed by atoms with Crippen LogP contribution in [-0.4, -0.2) is 31.3 Å². The van der Waals surface area contributed by atoms with Gasteiger partial charge < -0.3 is 9.84 Å². The summed E-state index contributed by atoms with van der Waals surface area (Å²) in [4.78, 5) is 10.6. The van der Waals surface area contributed by atoms with Crippen molar-refractivity contribution in [1.29, 1.82) is 0 Å². The Morgan fingerprint density at radius 1 is 1.47 bits per heavy atom. The summed E-state index contributed by atoms with van der Waals surface area (Å²) >= 11 is 0. The number of benzene rings is 1. The molecule has 19 heavy (non-hydrogen) atoms. The number of aliphatic carboxylic acids is 1. The molecule has 1 aliphatic heterocycles. The van der Waals surface area contributed by atoms with E-state index in [0.29, 0.717) is 12.2 Å². The van der Waals surface area contributed by atoms with Crippen LogP contribution in [0.4, 0.5) is 0 Å². The molecule has 2 heterocycles. The van der Waals surface area contributed by atoms with Gasteiger partial charge in [0.2, 0.25) is 0 Å². The smallest absolute Gasteiger partial charge is 0.305 e. The summed E-state index contributed by atoms with van der Waals surface area (Å²) in [6.07, 6.45) is 0.433. The highest BCUT2D eigenvalue weighted by Crippen LogP contribution is 2.35. The Labute approximate surface area is 108 Å². The van der Waals surface area contributed by atoms with Gasteiger partial charge in [-0.3, -0.25) is 4.79 Å². The molecule has 1 aliphatic rings. The zero-order valence-corrected chi connectivity index (χ0v) is 10.1. The second-order valence-electron chi connectivity index (χ2n) is 4.32. The fourth-order valence-electron chi connectivity index (χ4n) is 2.13. The number of fused-ring (bicyclic) bond motifs is 1. The molecule has 3 rings (SSSR count). The first-order valence-electron chi connectivity index (χ1n) is 5.96. The van der Waals surface area contributed by atoms with E-state index in [1.165, 1.54) is 4.68 Å². The number of nitrogens with zero attached hydrogens (tertiary/aromatic N) is 4. The van der Waals surface area contributed by atoms with E-state index in [4.69, 9.17) is 9.84 Å². The lowest BCUT2D eigenvalue weighted by Gasteiger charge is -2.09. The number of rotatable bonds is 4. The van der Waals surface area contributed by atoms with E-state index < -0.39 is 5.97 Å². The highest BCUT2D eigenvalue weighted by Gasteiger charge is 2.28. The molecular formula is C12H12N4O3.